The van der Waals surface area contributed by atoms with E-state index >= 15 is 0 Å². The van der Waals surface area contributed by atoms with E-state index in [0.717, 1.165) is 17.1 Å². The lowest BCUT2D eigenvalue weighted by Crippen LogP contribution is -2.35. The third kappa shape index (κ3) is 3.22. The normalized spacial score (nSPS) is 25.1. The van der Waals surface area contributed by atoms with Gasteiger partial charge in [0.1, 0.15) is 0 Å². The number of hydrogen-bond acceptors (Lipinski definition) is 3. The Morgan fingerprint density at radius 1 is 1.65 bits per heavy atom. The third-order valence-electron chi connectivity index (χ3n) is 3.44. The molecule has 0 spiro atoms. The van der Waals surface area contributed by atoms with Crippen molar-refractivity contribution in [1.82, 2.24) is 10.3 Å². The van der Waals surface area contributed by atoms with E-state index < -0.39 is 5.92 Å². The Hall–Kier alpha value is -0.550. The molecule has 96 valence electrons. The van der Waals surface area contributed by atoms with Crippen molar-refractivity contribution < 1.29 is 8.78 Å². The molecular weight excluding hydrogens is 242 g/mol. The Labute approximate surface area is 104 Å². The number of thiazole rings is 1. The first-order chi connectivity index (χ1) is 8.00. The molecule has 1 aliphatic carbocycles. The summed E-state index contributed by atoms with van der Waals surface area (Å²) in [7, 11) is 1.85. The summed E-state index contributed by atoms with van der Waals surface area (Å²) in [6.07, 6.45) is 1.42. The number of nitrogens with zero attached hydrogens (tertiary/aromatic N) is 1. The van der Waals surface area contributed by atoms with Gasteiger partial charge in [0.25, 0.3) is 0 Å². The lowest BCUT2D eigenvalue weighted by Gasteiger charge is -2.22. The molecule has 1 N–H and O–H groups in total. The Kier molecular flexibility index (Phi) is 3.78. The van der Waals surface area contributed by atoms with Crippen LogP contribution in [0, 0.1) is 12.8 Å². The summed E-state index contributed by atoms with van der Waals surface area (Å²) in [5, 5.41) is 6.22. The molecule has 0 radical (unpaired) electrons. The fraction of sp³-hybridized carbons (Fsp3) is 0.750. The summed E-state index contributed by atoms with van der Waals surface area (Å²) < 4.78 is 26.4. The summed E-state index contributed by atoms with van der Waals surface area (Å²) in [5.74, 6) is -2.39. The molecule has 2 nitrogen and oxygen atoms in total. The average Bonchev–Trinajstić information content (AvgIpc) is 2.81. The van der Waals surface area contributed by atoms with Gasteiger partial charge in [-0.2, -0.15) is 0 Å². The maximum Gasteiger partial charge on any atom is 0.248 e. The molecule has 0 amide bonds. The molecule has 0 saturated heterocycles. The van der Waals surface area contributed by atoms with Crippen molar-refractivity contribution in [2.24, 2.45) is 5.92 Å². The molecule has 5 heteroatoms. The van der Waals surface area contributed by atoms with E-state index in [1.54, 1.807) is 11.3 Å². The predicted molar refractivity (Wildman–Crippen MR) is 65.7 cm³/mol. The van der Waals surface area contributed by atoms with Crippen LogP contribution < -0.4 is 5.32 Å². The van der Waals surface area contributed by atoms with Crippen LogP contribution in [-0.4, -0.2) is 24.0 Å². The first-order valence-corrected chi connectivity index (χ1v) is 6.84. The smallest absolute Gasteiger partial charge is 0.248 e. The van der Waals surface area contributed by atoms with Crippen molar-refractivity contribution in [3.63, 3.8) is 0 Å². The van der Waals surface area contributed by atoms with Crippen LogP contribution >= 0.6 is 11.3 Å². The van der Waals surface area contributed by atoms with Crippen LogP contribution in [0.15, 0.2) is 5.38 Å². The molecule has 1 saturated carbocycles. The molecule has 2 atom stereocenters. The highest BCUT2D eigenvalue weighted by molar-refractivity contribution is 7.09. The molecule has 17 heavy (non-hydrogen) atoms. The average molecular weight is 260 g/mol. The first kappa shape index (κ1) is 12.9. The van der Waals surface area contributed by atoms with Gasteiger partial charge >= 0.3 is 0 Å². The molecule has 1 aliphatic rings. The molecule has 1 aromatic rings. The fourth-order valence-electron chi connectivity index (χ4n) is 2.52. The van der Waals surface area contributed by atoms with Gasteiger partial charge in [-0.15, -0.1) is 11.3 Å². The lowest BCUT2D eigenvalue weighted by molar-refractivity contribution is 0.00343. The van der Waals surface area contributed by atoms with E-state index in [4.69, 9.17) is 0 Å². The van der Waals surface area contributed by atoms with Gasteiger partial charge < -0.3 is 5.32 Å². The molecule has 0 bridgehead atoms. The second-order valence-electron chi connectivity index (χ2n) is 4.84. The number of hydrogen-bond donors (Lipinski definition) is 1. The van der Waals surface area contributed by atoms with Crippen LogP contribution in [0.4, 0.5) is 8.78 Å². The van der Waals surface area contributed by atoms with Gasteiger partial charge in [-0.1, -0.05) is 0 Å². The van der Waals surface area contributed by atoms with Crippen LogP contribution in [0.1, 0.15) is 30.0 Å². The largest absolute Gasteiger partial charge is 0.316 e. The Morgan fingerprint density at radius 3 is 2.88 bits per heavy atom. The number of alkyl halides is 2. The van der Waals surface area contributed by atoms with Gasteiger partial charge in [0.2, 0.25) is 5.92 Å². The predicted octanol–water partition coefficient (Wildman–Crippen LogP) is 3.02. The molecule has 0 aliphatic heterocycles. The minimum atomic E-state index is -2.46. The minimum Gasteiger partial charge on any atom is -0.316 e. The van der Waals surface area contributed by atoms with Gasteiger partial charge in [-0.25, -0.2) is 13.8 Å². The van der Waals surface area contributed by atoms with Crippen molar-refractivity contribution in [3.8, 4) is 0 Å². The van der Waals surface area contributed by atoms with Crippen molar-refractivity contribution in [2.45, 2.75) is 44.6 Å². The lowest BCUT2D eigenvalue weighted by atomic mass is 9.95. The number of aryl methyl sites for hydroxylation is 1. The number of nitrogens with one attached hydrogen (secondary N) is 1. The van der Waals surface area contributed by atoms with Crippen LogP contribution in [0.25, 0.3) is 0 Å². The Morgan fingerprint density at radius 2 is 2.41 bits per heavy atom. The SMILES string of the molecule is CNC(Cc1nc(C)cs1)C1CCC(F)(F)C1. The summed E-state index contributed by atoms with van der Waals surface area (Å²) in [6, 6.07) is 0.119. The maximum absolute atomic E-state index is 13.2. The van der Waals surface area contributed by atoms with Crippen molar-refractivity contribution in [3.05, 3.63) is 16.1 Å². The van der Waals surface area contributed by atoms with Crippen LogP contribution in [-0.2, 0) is 6.42 Å². The van der Waals surface area contributed by atoms with E-state index in [9.17, 15) is 8.78 Å². The van der Waals surface area contributed by atoms with Crippen molar-refractivity contribution >= 4 is 11.3 Å². The van der Waals surface area contributed by atoms with Gasteiger partial charge in [0.05, 0.1) is 5.01 Å². The Bertz CT molecular complexity index is 378. The summed E-state index contributed by atoms with van der Waals surface area (Å²) in [4.78, 5) is 4.40. The highest BCUT2D eigenvalue weighted by Gasteiger charge is 2.42. The second kappa shape index (κ2) is 4.98. The number of aromatic nitrogens is 1. The quantitative estimate of drug-likeness (QED) is 0.900. The van der Waals surface area contributed by atoms with E-state index in [-0.39, 0.29) is 24.8 Å². The van der Waals surface area contributed by atoms with E-state index in [1.165, 1.54) is 0 Å². The summed E-state index contributed by atoms with van der Waals surface area (Å²) in [6.45, 7) is 1.96. The molecule has 1 aromatic heterocycles. The van der Waals surface area contributed by atoms with E-state index in [0.29, 0.717) is 6.42 Å². The second-order valence-corrected chi connectivity index (χ2v) is 5.78. The molecule has 1 heterocycles. The maximum atomic E-state index is 13.2. The topological polar surface area (TPSA) is 24.9 Å². The third-order valence-corrected chi connectivity index (χ3v) is 4.43. The first-order valence-electron chi connectivity index (χ1n) is 5.96. The number of rotatable bonds is 4. The molecule has 2 rings (SSSR count). The molecule has 2 unspecified atom stereocenters. The van der Waals surface area contributed by atoms with Crippen LogP contribution in [0.3, 0.4) is 0 Å². The minimum absolute atomic E-state index is 0.0167. The zero-order chi connectivity index (χ0) is 12.5. The summed E-state index contributed by atoms with van der Waals surface area (Å²) >= 11 is 1.61. The van der Waals surface area contributed by atoms with Crippen LogP contribution in [0.2, 0.25) is 0 Å². The van der Waals surface area contributed by atoms with Crippen molar-refractivity contribution in [1.29, 1.82) is 0 Å². The molecule has 1 fully saturated rings. The van der Waals surface area contributed by atoms with Crippen molar-refractivity contribution in [2.75, 3.05) is 7.05 Å². The van der Waals surface area contributed by atoms with Gasteiger partial charge in [0, 0.05) is 36.4 Å². The fourth-order valence-corrected chi connectivity index (χ4v) is 3.35. The molecular formula is C12H18F2N2S. The van der Waals surface area contributed by atoms with Gasteiger partial charge in [-0.05, 0) is 26.3 Å². The highest BCUT2D eigenvalue weighted by Crippen LogP contribution is 2.40. The van der Waals surface area contributed by atoms with Crippen LogP contribution in [0.5, 0.6) is 0 Å². The van der Waals surface area contributed by atoms with E-state index in [1.807, 2.05) is 19.4 Å². The monoisotopic (exact) mass is 260 g/mol. The summed E-state index contributed by atoms with van der Waals surface area (Å²) in [5.41, 5.74) is 1.01. The number of likely N-dealkylation sites (N-methyl/N-ethyl adjacent to an activating group) is 1. The highest BCUT2D eigenvalue weighted by atomic mass is 32.1. The van der Waals surface area contributed by atoms with E-state index in [2.05, 4.69) is 10.3 Å². The standard InChI is InChI=1S/C12H18F2N2S/c1-8-7-17-11(16-8)5-10(15-2)9-3-4-12(13,14)6-9/h7,9-10,15H,3-6H2,1-2H3. The zero-order valence-corrected chi connectivity index (χ0v) is 11.0. The van der Waals surface area contributed by atoms with Gasteiger partial charge in [0.15, 0.2) is 0 Å². The van der Waals surface area contributed by atoms with Gasteiger partial charge in [-0.3, -0.25) is 0 Å². The Balaban J connectivity index is 1.98. The number of halogens is 2. The molecule has 0 aromatic carbocycles. The zero-order valence-electron chi connectivity index (χ0n) is 10.2.